The molecular weight excluding hydrogens is 346 g/mol. The molecule has 0 saturated heterocycles. The smallest absolute Gasteiger partial charge is 0.341 e. The number of hydrogen-bond donors (Lipinski definition) is 1. The van der Waals surface area contributed by atoms with Gasteiger partial charge in [0.05, 0.1) is 0 Å². The summed E-state index contributed by atoms with van der Waals surface area (Å²) < 4.78 is 5.89. The Hall–Kier alpha value is -2.13. The van der Waals surface area contributed by atoms with Gasteiger partial charge in [-0.25, -0.2) is 4.79 Å². The molecule has 0 fully saturated rings. The molecule has 0 radical (unpaired) electrons. The first-order valence-electron chi connectivity index (χ1n) is 9.97. The highest BCUT2D eigenvalue weighted by atomic mass is 16.5. The molecule has 0 aromatic heterocycles. The summed E-state index contributed by atoms with van der Waals surface area (Å²) in [4.78, 5) is 13.2. The number of aryl methyl sites for hydroxylation is 2. The van der Waals surface area contributed by atoms with Crippen LogP contribution in [0.3, 0.4) is 0 Å². The fourth-order valence-electron chi connectivity index (χ4n) is 4.38. The summed E-state index contributed by atoms with van der Waals surface area (Å²) in [5, 5.41) is 0. The van der Waals surface area contributed by atoms with E-state index in [1.165, 1.54) is 16.7 Å². The van der Waals surface area contributed by atoms with Crippen LogP contribution in [0, 0.1) is 20.8 Å². The fraction of sp³-hybridized carbons (Fsp3) is 0.480. The zero-order valence-electron chi connectivity index (χ0n) is 18.7. The summed E-state index contributed by atoms with van der Waals surface area (Å²) in [6.07, 6.45) is 0. The first kappa shape index (κ1) is 20.6. The van der Waals surface area contributed by atoms with Crippen molar-refractivity contribution >= 4 is 5.97 Å². The zero-order chi connectivity index (χ0) is 21.2. The SMILES string of the molecule is Cc1ccc(C2(N)C(=O)Oc3c2cc(C(C)(C)C)c(C)c3C(C)(C)C)cc1C. The maximum Gasteiger partial charge on any atom is 0.341 e. The molecule has 0 spiro atoms. The lowest BCUT2D eigenvalue weighted by Crippen LogP contribution is -2.44. The Bertz CT molecular complexity index is 974. The van der Waals surface area contributed by atoms with Gasteiger partial charge in [-0.2, -0.15) is 0 Å². The van der Waals surface area contributed by atoms with Crippen molar-refractivity contribution in [2.45, 2.75) is 78.7 Å². The lowest BCUT2D eigenvalue weighted by Gasteiger charge is -2.31. The average molecular weight is 380 g/mol. The van der Waals surface area contributed by atoms with E-state index in [4.69, 9.17) is 10.5 Å². The third-order valence-corrected chi connectivity index (χ3v) is 6.00. The number of rotatable bonds is 1. The Balaban J connectivity index is 2.41. The molecule has 28 heavy (non-hydrogen) atoms. The van der Waals surface area contributed by atoms with Crippen molar-refractivity contribution in [2.24, 2.45) is 5.73 Å². The van der Waals surface area contributed by atoms with Gasteiger partial charge in [0.15, 0.2) is 5.54 Å². The zero-order valence-corrected chi connectivity index (χ0v) is 18.7. The monoisotopic (exact) mass is 379 g/mol. The van der Waals surface area contributed by atoms with E-state index in [1.54, 1.807) is 0 Å². The fourth-order valence-corrected chi connectivity index (χ4v) is 4.38. The van der Waals surface area contributed by atoms with Crippen molar-refractivity contribution in [3.8, 4) is 5.75 Å². The molecule has 150 valence electrons. The number of carbonyl (C=O) groups is 1. The predicted molar refractivity (Wildman–Crippen MR) is 115 cm³/mol. The van der Waals surface area contributed by atoms with E-state index in [1.807, 2.05) is 25.1 Å². The molecule has 0 saturated carbocycles. The predicted octanol–water partition coefficient (Wildman–Crippen LogP) is 5.33. The van der Waals surface area contributed by atoms with Crippen molar-refractivity contribution in [1.82, 2.24) is 0 Å². The molecular formula is C25H33NO2. The topological polar surface area (TPSA) is 52.3 Å². The quantitative estimate of drug-likeness (QED) is 0.538. The minimum atomic E-state index is -1.29. The van der Waals surface area contributed by atoms with Gasteiger partial charge in [-0.1, -0.05) is 59.7 Å². The Labute approximate surface area is 169 Å². The van der Waals surface area contributed by atoms with Crippen LogP contribution in [-0.4, -0.2) is 5.97 Å². The van der Waals surface area contributed by atoms with E-state index in [2.05, 4.69) is 61.5 Å². The van der Waals surface area contributed by atoms with Crippen LogP contribution in [0.1, 0.15) is 80.5 Å². The van der Waals surface area contributed by atoms with Gasteiger partial charge in [0, 0.05) is 11.1 Å². The normalized spacial score (nSPS) is 19.6. The number of ether oxygens (including phenoxy) is 1. The molecule has 1 aliphatic heterocycles. The second kappa shape index (κ2) is 6.18. The van der Waals surface area contributed by atoms with E-state index >= 15 is 0 Å². The molecule has 1 aliphatic rings. The molecule has 1 atom stereocenters. The summed E-state index contributed by atoms with van der Waals surface area (Å²) in [5.74, 6) is 0.241. The van der Waals surface area contributed by atoms with E-state index in [-0.39, 0.29) is 10.8 Å². The van der Waals surface area contributed by atoms with Crippen molar-refractivity contribution in [3.05, 3.63) is 63.2 Å². The molecule has 3 heteroatoms. The van der Waals surface area contributed by atoms with Gasteiger partial charge in [-0.15, -0.1) is 0 Å². The summed E-state index contributed by atoms with van der Waals surface area (Å²) in [6, 6.07) is 8.08. The van der Waals surface area contributed by atoms with E-state index in [0.717, 1.165) is 22.3 Å². The summed E-state index contributed by atoms with van der Waals surface area (Å²) >= 11 is 0. The molecule has 2 N–H and O–H groups in total. The molecule has 1 unspecified atom stereocenters. The highest BCUT2D eigenvalue weighted by Gasteiger charge is 2.50. The van der Waals surface area contributed by atoms with Crippen molar-refractivity contribution in [2.75, 3.05) is 0 Å². The molecule has 3 rings (SSSR count). The van der Waals surface area contributed by atoms with Gasteiger partial charge in [-0.3, -0.25) is 0 Å². The van der Waals surface area contributed by atoms with Gasteiger partial charge in [0.25, 0.3) is 0 Å². The van der Waals surface area contributed by atoms with E-state index < -0.39 is 11.5 Å². The van der Waals surface area contributed by atoms with Gasteiger partial charge in [-0.05, 0) is 65.5 Å². The average Bonchev–Trinajstić information content (AvgIpc) is 2.78. The molecule has 2 aromatic carbocycles. The summed E-state index contributed by atoms with van der Waals surface area (Å²) in [7, 11) is 0. The Morgan fingerprint density at radius 1 is 0.893 bits per heavy atom. The van der Waals surface area contributed by atoms with Crippen molar-refractivity contribution in [3.63, 3.8) is 0 Å². The lowest BCUT2D eigenvalue weighted by molar-refractivity contribution is -0.136. The molecule has 3 nitrogen and oxygen atoms in total. The van der Waals surface area contributed by atoms with Crippen molar-refractivity contribution in [1.29, 1.82) is 0 Å². The molecule has 0 aliphatic carbocycles. The van der Waals surface area contributed by atoms with Gasteiger partial charge in [0.2, 0.25) is 0 Å². The number of esters is 1. The van der Waals surface area contributed by atoms with Crippen LogP contribution in [-0.2, 0) is 21.2 Å². The minimum absolute atomic E-state index is 0.0745. The molecule has 0 bridgehead atoms. The third kappa shape index (κ3) is 2.97. The largest absolute Gasteiger partial charge is 0.424 e. The van der Waals surface area contributed by atoms with Crippen molar-refractivity contribution < 1.29 is 9.53 Å². The lowest BCUT2D eigenvalue weighted by atomic mass is 9.72. The maximum atomic E-state index is 13.2. The van der Waals surface area contributed by atoms with Crippen LogP contribution in [0.15, 0.2) is 24.3 Å². The standard InChI is InChI=1S/C25H33NO2/c1-14-10-11-17(12-15(14)2)25(26)19-13-18(23(4,5)6)16(3)20(24(7,8)9)21(19)28-22(25)27/h10-13H,26H2,1-9H3. The second-order valence-electron chi connectivity index (χ2n) is 10.3. The first-order valence-corrected chi connectivity index (χ1v) is 9.97. The van der Waals surface area contributed by atoms with Crippen LogP contribution in [0.25, 0.3) is 0 Å². The highest BCUT2D eigenvalue weighted by Crippen LogP contribution is 2.50. The van der Waals surface area contributed by atoms with Crippen LogP contribution in [0.2, 0.25) is 0 Å². The summed E-state index contributed by atoms with van der Waals surface area (Å²) in [6.45, 7) is 19.3. The highest BCUT2D eigenvalue weighted by molar-refractivity contribution is 5.94. The first-order chi connectivity index (χ1) is 12.7. The van der Waals surface area contributed by atoms with Crippen LogP contribution >= 0.6 is 0 Å². The van der Waals surface area contributed by atoms with Gasteiger partial charge >= 0.3 is 5.97 Å². The van der Waals surface area contributed by atoms with Crippen LogP contribution in [0.5, 0.6) is 5.75 Å². The third-order valence-electron chi connectivity index (χ3n) is 6.00. The molecule has 1 heterocycles. The summed E-state index contributed by atoms with van der Waals surface area (Å²) in [5.41, 5.74) is 12.6. The Kier molecular flexibility index (Phi) is 4.55. The van der Waals surface area contributed by atoms with Crippen LogP contribution < -0.4 is 10.5 Å². The number of fused-ring (bicyclic) bond motifs is 1. The van der Waals surface area contributed by atoms with Gasteiger partial charge < -0.3 is 10.5 Å². The second-order valence-corrected chi connectivity index (χ2v) is 10.3. The Morgan fingerprint density at radius 2 is 1.50 bits per heavy atom. The molecule has 0 amide bonds. The number of nitrogens with two attached hydrogens (primary N) is 1. The Morgan fingerprint density at radius 3 is 2.00 bits per heavy atom. The van der Waals surface area contributed by atoms with Gasteiger partial charge in [0.1, 0.15) is 5.75 Å². The number of benzene rings is 2. The van der Waals surface area contributed by atoms with E-state index in [0.29, 0.717) is 5.75 Å². The molecule has 2 aromatic rings. The number of carbonyl (C=O) groups excluding carboxylic acids is 1. The van der Waals surface area contributed by atoms with Crippen LogP contribution in [0.4, 0.5) is 0 Å². The maximum absolute atomic E-state index is 13.2. The van der Waals surface area contributed by atoms with E-state index in [9.17, 15) is 4.79 Å². The number of hydrogen-bond acceptors (Lipinski definition) is 3. The minimum Gasteiger partial charge on any atom is -0.424 e.